The molecule has 9 heteroatoms. The molecule has 0 unspecified atom stereocenters. The summed E-state index contributed by atoms with van der Waals surface area (Å²) < 4.78 is 12.4. The van der Waals surface area contributed by atoms with Crippen molar-refractivity contribution in [2.45, 2.75) is 46.3 Å². The number of thiophene rings is 1. The molecule has 0 atom stereocenters. The fourth-order valence-corrected chi connectivity index (χ4v) is 6.64. The van der Waals surface area contributed by atoms with Crippen molar-refractivity contribution in [3.8, 4) is 11.3 Å². The van der Waals surface area contributed by atoms with Gasteiger partial charge in [-0.05, 0) is 45.2 Å². The van der Waals surface area contributed by atoms with E-state index >= 15 is 0 Å². The third-order valence-corrected chi connectivity index (χ3v) is 8.74. The van der Waals surface area contributed by atoms with E-state index < -0.39 is 5.60 Å². The molecular weight excluding hydrogens is 510 g/mol. The molecule has 4 heterocycles. The Morgan fingerprint density at radius 3 is 2.59 bits per heavy atom. The maximum atomic E-state index is 12.6. The van der Waals surface area contributed by atoms with Gasteiger partial charge in [-0.2, -0.15) is 0 Å². The molecule has 0 radical (unpaired) electrons. The highest BCUT2D eigenvalue weighted by Gasteiger charge is 2.28. The van der Waals surface area contributed by atoms with E-state index in [1.165, 1.54) is 27.1 Å². The van der Waals surface area contributed by atoms with E-state index in [9.17, 15) is 4.79 Å². The molecule has 2 saturated heterocycles. The quantitative estimate of drug-likeness (QED) is 0.449. The Bertz CT molecular complexity index is 1410. The average Bonchev–Trinajstić information content (AvgIpc) is 3.52. The number of amides is 1. The molecule has 0 bridgehead atoms. The predicted octanol–water partition coefficient (Wildman–Crippen LogP) is 5.13. The number of ether oxygens (including phenoxy) is 2. The van der Waals surface area contributed by atoms with Crippen LogP contribution in [0.4, 0.5) is 10.7 Å². The number of hydrogen-bond donors (Lipinski definition) is 0. The summed E-state index contributed by atoms with van der Waals surface area (Å²) in [6, 6.07) is 6.56. The fourth-order valence-electron chi connectivity index (χ4n) is 5.53. The normalized spacial score (nSPS) is 18.2. The average molecular weight is 548 g/mol. The first kappa shape index (κ1) is 26.2. The summed E-state index contributed by atoms with van der Waals surface area (Å²) in [6.07, 6.45) is 5.21. The number of allylic oxidation sites excluding steroid dienone is 1. The molecule has 39 heavy (non-hydrogen) atoms. The van der Waals surface area contributed by atoms with Crippen molar-refractivity contribution < 1.29 is 14.3 Å². The lowest BCUT2D eigenvalue weighted by Gasteiger charge is -2.35. The molecule has 3 aromatic rings. The van der Waals surface area contributed by atoms with Crippen LogP contribution in [0.25, 0.3) is 27.6 Å². The molecule has 2 aromatic heterocycles. The van der Waals surface area contributed by atoms with Gasteiger partial charge in [0.05, 0.1) is 29.1 Å². The van der Waals surface area contributed by atoms with E-state index in [2.05, 4.69) is 47.1 Å². The molecule has 0 spiro atoms. The van der Waals surface area contributed by atoms with Gasteiger partial charge < -0.3 is 19.3 Å². The molecule has 6 rings (SSSR count). The van der Waals surface area contributed by atoms with Crippen LogP contribution in [0.2, 0.25) is 0 Å². The van der Waals surface area contributed by atoms with E-state index in [1.54, 1.807) is 11.3 Å². The molecule has 1 amide bonds. The number of aromatic nitrogens is 2. The van der Waals surface area contributed by atoms with Gasteiger partial charge in [-0.3, -0.25) is 4.90 Å². The number of nitrogens with zero attached hydrogens (tertiary/aromatic N) is 5. The van der Waals surface area contributed by atoms with Crippen molar-refractivity contribution >= 4 is 39.7 Å². The number of benzene rings is 1. The second-order valence-corrected chi connectivity index (χ2v) is 12.7. The lowest BCUT2D eigenvalue weighted by Crippen LogP contribution is -2.49. The minimum atomic E-state index is -0.481. The number of anilines is 1. The SMILES string of the molecule is Cc1sc2c(-c3cccc4c3C=CC4)nc(N3CCOCC3)nc2c1CN1CCN(C(=O)OC(C)(C)C)CC1. The molecule has 1 aromatic carbocycles. The molecule has 0 N–H and O–H groups in total. The van der Waals surface area contributed by atoms with Crippen molar-refractivity contribution in [1.82, 2.24) is 19.8 Å². The van der Waals surface area contributed by atoms with Crippen LogP contribution in [0.1, 0.15) is 42.3 Å². The highest BCUT2D eigenvalue weighted by atomic mass is 32.1. The minimum absolute atomic E-state index is 0.226. The number of carbonyl (C=O) groups is 1. The molecule has 1 aliphatic carbocycles. The van der Waals surface area contributed by atoms with Gasteiger partial charge in [0.25, 0.3) is 0 Å². The van der Waals surface area contributed by atoms with E-state index in [1.807, 2.05) is 25.7 Å². The Balaban J connectivity index is 1.33. The van der Waals surface area contributed by atoms with E-state index in [4.69, 9.17) is 19.4 Å². The van der Waals surface area contributed by atoms with Crippen molar-refractivity contribution in [3.05, 3.63) is 45.8 Å². The first-order chi connectivity index (χ1) is 18.8. The summed E-state index contributed by atoms with van der Waals surface area (Å²) in [6.45, 7) is 14.7. The highest BCUT2D eigenvalue weighted by Crippen LogP contribution is 2.41. The minimum Gasteiger partial charge on any atom is -0.444 e. The summed E-state index contributed by atoms with van der Waals surface area (Å²) in [5.74, 6) is 0.786. The van der Waals surface area contributed by atoms with E-state index in [0.717, 1.165) is 61.0 Å². The van der Waals surface area contributed by atoms with Crippen molar-refractivity contribution in [2.24, 2.45) is 0 Å². The Kier molecular flexibility index (Phi) is 7.07. The predicted molar refractivity (Wildman–Crippen MR) is 156 cm³/mol. The monoisotopic (exact) mass is 547 g/mol. The smallest absolute Gasteiger partial charge is 0.410 e. The van der Waals surface area contributed by atoms with Gasteiger partial charge in [0.15, 0.2) is 0 Å². The number of morpholine rings is 1. The highest BCUT2D eigenvalue weighted by molar-refractivity contribution is 7.19. The second kappa shape index (κ2) is 10.5. The van der Waals surface area contributed by atoms with Crippen LogP contribution in [0.5, 0.6) is 0 Å². The molecule has 8 nitrogen and oxygen atoms in total. The standard InChI is InChI=1S/C30H37N5O3S/c1-20-24(19-33-11-13-35(14-12-33)29(36)38-30(2,3)4)26-27(39-20)25(23-10-6-8-21-7-5-9-22(21)23)31-28(32-26)34-15-17-37-18-16-34/h5-6,8-10H,7,11-19H2,1-4H3. The van der Waals surface area contributed by atoms with Gasteiger partial charge in [-0.25, -0.2) is 14.8 Å². The summed E-state index contributed by atoms with van der Waals surface area (Å²) in [7, 11) is 0. The Labute approximate surface area is 234 Å². The number of carbonyl (C=O) groups excluding carboxylic acids is 1. The van der Waals surface area contributed by atoms with Crippen molar-refractivity contribution in [3.63, 3.8) is 0 Å². The zero-order chi connectivity index (χ0) is 27.1. The van der Waals surface area contributed by atoms with Crippen LogP contribution in [-0.4, -0.2) is 83.9 Å². The van der Waals surface area contributed by atoms with Gasteiger partial charge >= 0.3 is 6.09 Å². The summed E-state index contributed by atoms with van der Waals surface area (Å²) >= 11 is 1.80. The van der Waals surface area contributed by atoms with Crippen LogP contribution in [0, 0.1) is 6.92 Å². The molecule has 2 fully saturated rings. The van der Waals surface area contributed by atoms with Crippen LogP contribution in [-0.2, 0) is 22.4 Å². The molecule has 206 valence electrons. The first-order valence-corrected chi connectivity index (χ1v) is 14.7. The van der Waals surface area contributed by atoms with E-state index in [-0.39, 0.29) is 6.09 Å². The van der Waals surface area contributed by atoms with Crippen LogP contribution < -0.4 is 4.90 Å². The van der Waals surface area contributed by atoms with Gasteiger partial charge in [0, 0.05) is 61.8 Å². The molecule has 3 aliphatic rings. The van der Waals surface area contributed by atoms with Crippen molar-refractivity contribution in [2.75, 3.05) is 57.4 Å². The Morgan fingerprint density at radius 1 is 1.08 bits per heavy atom. The third kappa shape index (κ3) is 5.40. The van der Waals surface area contributed by atoms with E-state index in [0.29, 0.717) is 26.3 Å². The van der Waals surface area contributed by atoms with Crippen LogP contribution in [0.3, 0.4) is 0 Å². The summed E-state index contributed by atoms with van der Waals surface area (Å²) in [5, 5.41) is 0. The lowest BCUT2D eigenvalue weighted by atomic mass is 10.00. The maximum Gasteiger partial charge on any atom is 0.410 e. The summed E-state index contributed by atoms with van der Waals surface area (Å²) in [5.41, 5.74) is 6.67. The fraction of sp³-hybridized carbons (Fsp3) is 0.500. The van der Waals surface area contributed by atoms with Crippen LogP contribution >= 0.6 is 11.3 Å². The maximum absolute atomic E-state index is 12.6. The zero-order valence-corrected chi connectivity index (χ0v) is 24.1. The zero-order valence-electron chi connectivity index (χ0n) is 23.3. The Morgan fingerprint density at radius 2 is 1.85 bits per heavy atom. The number of rotatable bonds is 4. The molecule has 2 aliphatic heterocycles. The van der Waals surface area contributed by atoms with Gasteiger partial charge in [-0.1, -0.05) is 30.4 Å². The number of piperazine rings is 1. The van der Waals surface area contributed by atoms with Gasteiger partial charge in [0.1, 0.15) is 5.60 Å². The number of hydrogen-bond acceptors (Lipinski definition) is 8. The Hall–Kier alpha value is -3.01. The number of aryl methyl sites for hydroxylation is 1. The lowest BCUT2D eigenvalue weighted by molar-refractivity contribution is 0.0139. The number of fused-ring (bicyclic) bond motifs is 2. The molecule has 0 saturated carbocycles. The largest absolute Gasteiger partial charge is 0.444 e. The topological polar surface area (TPSA) is 71.0 Å². The van der Waals surface area contributed by atoms with Crippen molar-refractivity contribution in [1.29, 1.82) is 0 Å². The second-order valence-electron chi connectivity index (χ2n) is 11.5. The van der Waals surface area contributed by atoms with Crippen LogP contribution in [0.15, 0.2) is 24.3 Å². The summed E-state index contributed by atoms with van der Waals surface area (Å²) in [4.78, 5) is 30.7. The van der Waals surface area contributed by atoms with Gasteiger partial charge in [0.2, 0.25) is 5.95 Å². The first-order valence-electron chi connectivity index (χ1n) is 13.9. The van der Waals surface area contributed by atoms with Gasteiger partial charge in [-0.15, -0.1) is 11.3 Å². The third-order valence-electron chi connectivity index (χ3n) is 7.59. The molecular formula is C30H37N5O3S.